The minimum atomic E-state index is -0.0858. The monoisotopic (exact) mass is 277 g/mol. The molecule has 0 unspecified atom stereocenters. The second kappa shape index (κ2) is 6.20. The van der Waals surface area contributed by atoms with Crippen LogP contribution in [0.25, 0.3) is 0 Å². The van der Waals surface area contributed by atoms with Crippen molar-refractivity contribution in [2.75, 3.05) is 24.6 Å². The number of aromatic nitrogens is 2. The summed E-state index contributed by atoms with van der Waals surface area (Å²) in [6.07, 6.45) is 1.89. The third kappa shape index (κ3) is 3.08. The first kappa shape index (κ1) is 14.8. The average Bonchev–Trinajstić information content (AvgIpc) is 2.43. The van der Waals surface area contributed by atoms with Crippen molar-refractivity contribution in [2.24, 2.45) is 5.92 Å². The molecule has 110 valence electrons. The summed E-state index contributed by atoms with van der Waals surface area (Å²) in [7, 11) is 0. The Morgan fingerprint density at radius 3 is 2.80 bits per heavy atom. The molecule has 1 saturated heterocycles. The lowest BCUT2D eigenvalue weighted by Gasteiger charge is -2.33. The standard InChI is InChI=1S/C15H23N3O2/c1-5-20-15(19)13-7-6-8-18(9-13)14-10(2)11(3)16-12(4)17-14/h13H,5-9H2,1-4H3/t13-/m1/s1. The van der Waals surface area contributed by atoms with Crippen molar-refractivity contribution in [3.63, 3.8) is 0 Å². The van der Waals surface area contributed by atoms with Crippen molar-refractivity contribution in [2.45, 2.75) is 40.5 Å². The number of aryl methyl sites for hydroxylation is 2. The second-order valence-electron chi connectivity index (χ2n) is 5.34. The van der Waals surface area contributed by atoms with Crippen molar-refractivity contribution >= 4 is 11.8 Å². The molecular weight excluding hydrogens is 254 g/mol. The molecule has 2 heterocycles. The quantitative estimate of drug-likeness (QED) is 0.793. The zero-order chi connectivity index (χ0) is 14.7. The summed E-state index contributed by atoms with van der Waals surface area (Å²) in [6, 6.07) is 0. The van der Waals surface area contributed by atoms with Gasteiger partial charge >= 0.3 is 5.97 Å². The molecule has 0 saturated carbocycles. The van der Waals surface area contributed by atoms with Crippen LogP contribution >= 0.6 is 0 Å². The van der Waals surface area contributed by atoms with Crippen molar-refractivity contribution in [1.82, 2.24) is 9.97 Å². The van der Waals surface area contributed by atoms with Gasteiger partial charge in [-0.3, -0.25) is 4.79 Å². The van der Waals surface area contributed by atoms with Crippen molar-refractivity contribution in [1.29, 1.82) is 0 Å². The highest BCUT2D eigenvalue weighted by atomic mass is 16.5. The smallest absolute Gasteiger partial charge is 0.310 e. The number of ether oxygens (including phenoxy) is 1. The van der Waals surface area contributed by atoms with E-state index >= 15 is 0 Å². The van der Waals surface area contributed by atoms with E-state index in [1.54, 1.807) is 0 Å². The van der Waals surface area contributed by atoms with Gasteiger partial charge in [-0.25, -0.2) is 9.97 Å². The van der Waals surface area contributed by atoms with Gasteiger partial charge in [-0.2, -0.15) is 0 Å². The Morgan fingerprint density at radius 2 is 2.10 bits per heavy atom. The van der Waals surface area contributed by atoms with E-state index in [4.69, 9.17) is 4.74 Å². The van der Waals surface area contributed by atoms with Crippen LogP contribution in [0, 0.1) is 26.7 Å². The van der Waals surface area contributed by atoms with Crippen LogP contribution in [0.5, 0.6) is 0 Å². The first-order chi connectivity index (χ1) is 9.52. The number of carbonyl (C=O) groups is 1. The number of nitrogens with zero attached hydrogens (tertiary/aromatic N) is 3. The Morgan fingerprint density at radius 1 is 1.35 bits per heavy atom. The zero-order valence-electron chi connectivity index (χ0n) is 12.8. The number of hydrogen-bond acceptors (Lipinski definition) is 5. The Balaban J connectivity index is 2.19. The van der Waals surface area contributed by atoms with E-state index in [2.05, 4.69) is 14.9 Å². The highest BCUT2D eigenvalue weighted by Crippen LogP contribution is 2.26. The maximum Gasteiger partial charge on any atom is 0.310 e. The minimum absolute atomic E-state index is 0.0429. The topological polar surface area (TPSA) is 55.3 Å². The SMILES string of the molecule is CCOC(=O)[C@@H]1CCCN(c2nc(C)nc(C)c2C)C1. The van der Waals surface area contributed by atoms with Crippen LogP contribution in [0.3, 0.4) is 0 Å². The van der Waals surface area contributed by atoms with Crippen LogP contribution < -0.4 is 4.90 Å². The van der Waals surface area contributed by atoms with Gasteiger partial charge in [0.25, 0.3) is 0 Å². The molecule has 0 spiro atoms. The fraction of sp³-hybridized carbons (Fsp3) is 0.667. The molecule has 5 heteroatoms. The molecule has 1 atom stereocenters. The lowest BCUT2D eigenvalue weighted by atomic mass is 9.98. The fourth-order valence-electron chi connectivity index (χ4n) is 2.68. The molecule has 0 aromatic carbocycles. The van der Waals surface area contributed by atoms with E-state index in [1.165, 1.54) is 0 Å². The number of esters is 1. The molecule has 1 aliphatic rings. The highest BCUT2D eigenvalue weighted by molar-refractivity contribution is 5.73. The first-order valence-electron chi connectivity index (χ1n) is 7.26. The van der Waals surface area contributed by atoms with E-state index in [0.29, 0.717) is 13.2 Å². The summed E-state index contributed by atoms with van der Waals surface area (Å²) < 4.78 is 5.14. The molecule has 0 N–H and O–H groups in total. The zero-order valence-corrected chi connectivity index (χ0v) is 12.8. The number of carbonyl (C=O) groups excluding carboxylic acids is 1. The van der Waals surface area contributed by atoms with Crippen LogP contribution in [0.2, 0.25) is 0 Å². The lowest BCUT2D eigenvalue weighted by Crippen LogP contribution is -2.40. The Labute approximate surface area is 120 Å². The molecule has 1 fully saturated rings. The van der Waals surface area contributed by atoms with E-state index in [1.807, 2.05) is 27.7 Å². The normalized spacial score (nSPS) is 19.0. The molecule has 1 aromatic heterocycles. The maximum absolute atomic E-state index is 11.9. The summed E-state index contributed by atoms with van der Waals surface area (Å²) in [4.78, 5) is 23.1. The number of anilines is 1. The highest BCUT2D eigenvalue weighted by Gasteiger charge is 2.28. The van der Waals surface area contributed by atoms with E-state index < -0.39 is 0 Å². The van der Waals surface area contributed by atoms with E-state index in [-0.39, 0.29) is 11.9 Å². The Hall–Kier alpha value is -1.65. The van der Waals surface area contributed by atoms with Crippen LogP contribution in [0.15, 0.2) is 0 Å². The van der Waals surface area contributed by atoms with E-state index in [9.17, 15) is 4.79 Å². The largest absolute Gasteiger partial charge is 0.466 e. The van der Waals surface area contributed by atoms with Crippen molar-refractivity contribution in [3.05, 3.63) is 17.1 Å². The van der Waals surface area contributed by atoms with Gasteiger partial charge in [0.1, 0.15) is 11.6 Å². The predicted octanol–water partition coefficient (Wildman–Crippen LogP) is 2.18. The number of hydrogen-bond donors (Lipinski definition) is 0. The summed E-state index contributed by atoms with van der Waals surface area (Å²) in [5.41, 5.74) is 2.10. The Bertz CT molecular complexity index is 502. The molecule has 0 aliphatic carbocycles. The summed E-state index contributed by atoms with van der Waals surface area (Å²) in [5, 5.41) is 0. The van der Waals surface area contributed by atoms with Crippen LogP contribution in [0.4, 0.5) is 5.82 Å². The molecule has 5 nitrogen and oxygen atoms in total. The third-order valence-corrected chi connectivity index (χ3v) is 3.82. The van der Waals surface area contributed by atoms with E-state index in [0.717, 1.165) is 42.3 Å². The lowest BCUT2D eigenvalue weighted by molar-refractivity contribution is -0.148. The fourth-order valence-corrected chi connectivity index (χ4v) is 2.68. The third-order valence-electron chi connectivity index (χ3n) is 3.82. The molecule has 1 aromatic rings. The van der Waals surface area contributed by atoms with Gasteiger partial charge in [0.15, 0.2) is 0 Å². The average molecular weight is 277 g/mol. The van der Waals surface area contributed by atoms with Crippen LogP contribution in [-0.4, -0.2) is 35.6 Å². The second-order valence-corrected chi connectivity index (χ2v) is 5.34. The van der Waals surface area contributed by atoms with Gasteiger partial charge in [0, 0.05) is 24.3 Å². The molecule has 0 amide bonds. The molecule has 0 bridgehead atoms. The maximum atomic E-state index is 11.9. The van der Waals surface area contributed by atoms with Crippen LogP contribution in [0.1, 0.15) is 36.8 Å². The van der Waals surface area contributed by atoms with Gasteiger partial charge in [-0.1, -0.05) is 0 Å². The molecule has 2 rings (SSSR count). The molecule has 0 radical (unpaired) electrons. The van der Waals surface area contributed by atoms with Crippen molar-refractivity contribution < 1.29 is 9.53 Å². The molecular formula is C15H23N3O2. The minimum Gasteiger partial charge on any atom is -0.466 e. The Kier molecular flexibility index (Phi) is 4.57. The summed E-state index contributed by atoms with van der Waals surface area (Å²) >= 11 is 0. The number of rotatable bonds is 3. The first-order valence-corrected chi connectivity index (χ1v) is 7.26. The van der Waals surface area contributed by atoms with Gasteiger partial charge in [-0.05, 0) is 40.5 Å². The van der Waals surface area contributed by atoms with Crippen LogP contribution in [-0.2, 0) is 9.53 Å². The van der Waals surface area contributed by atoms with Gasteiger partial charge in [-0.15, -0.1) is 0 Å². The van der Waals surface area contributed by atoms with Gasteiger partial charge < -0.3 is 9.64 Å². The molecule has 20 heavy (non-hydrogen) atoms. The summed E-state index contributed by atoms with van der Waals surface area (Å²) in [5.74, 6) is 1.61. The molecule has 1 aliphatic heterocycles. The number of piperidine rings is 1. The summed E-state index contributed by atoms with van der Waals surface area (Å²) in [6.45, 7) is 9.86. The predicted molar refractivity (Wildman–Crippen MR) is 77.8 cm³/mol. The van der Waals surface area contributed by atoms with Gasteiger partial charge in [0.2, 0.25) is 0 Å². The van der Waals surface area contributed by atoms with Crippen molar-refractivity contribution in [3.8, 4) is 0 Å². The van der Waals surface area contributed by atoms with Gasteiger partial charge in [0.05, 0.1) is 12.5 Å².